The summed E-state index contributed by atoms with van der Waals surface area (Å²) in [6.07, 6.45) is 0.561. The van der Waals surface area contributed by atoms with Gasteiger partial charge in [-0.3, -0.25) is 4.90 Å². The third-order valence-corrected chi connectivity index (χ3v) is 3.91. The summed E-state index contributed by atoms with van der Waals surface area (Å²) in [6.45, 7) is 4.12. The fraction of sp³-hybridized carbons (Fsp3) is 0.438. The first kappa shape index (κ1) is 15.5. The second kappa shape index (κ2) is 6.36. The second-order valence-electron chi connectivity index (χ2n) is 5.69. The van der Waals surface area contributed by atoms with Crippen molar-refractivity contribution in [2.45, 2.75) is 18.9 Å². The fourth-order valence-corrected chi connectivity index (χ4v) is 2.64. The largest absolute Gasteiger partial charge is 0.492 e. The molecule has 7 heteroatoms. The van der Waals surface area contributed by atoms with E-state index >= 15 is 0 Å². The van der Waals surface area contributed by atoms with E-state index in [1.165, 1.54) is 0 Å². The maximum Gasteiger partial charge on any atom is 0.259 e. The van der Waals surface area contributed by atoms with Crippen molar-refractivity contribution in [1.29, 1.82) is 5.26 Å². The molecule has 3 rings (SSSR count). The molecule has 2 aromatic rings. The van der Waals surface area contributed by atoms with Gasteiger partial charge < -0.3 is 14.4 Å². The van der Waals surface area contributed by atoms with E-state index in [-0.39, 0.29) is 5.89 Å². The van der Waals surface area contributed by atoms with E-state index in [1.54, 1.807) is 31.2 Å². The van der Waals surface area contributed by atoms with Crippen LogP contribution >= 0.6 is 0 Å². The van der Waals surface area contributed by atoms with Crippen LogP contribution in [0.25, 0.3) is 0 Å². The van der Waals surface area contributed by atoms with Gasteiger partial charge in [-0.2, -0.15) is 10.2 Å². The Balaban J connectivity index is 1.49. The fourth-order valence-electron chi connectivity index (χ4n) is 2.64. The van der Waals surface area contributed by atoms with Crippen LogP contribution in [0.15, 0.2) is 28.8 Å². The summed E-state index contributed by atoms with van der Waals surface area (Å²) in [5.74, 6) is 1.53. The molecule has 23 heavy (non-hydrogen) atoms. The molecule has 7 nitrogen and oxygen atoms in total. The lowest BCUT2D eigenvalue weighted by atomic mass is 10.0. The number of ether oxygens (including phenoxy) is 1. The van der Waals surface area contributed by atoms with Gasteiger partial charge in [0.05, 0.1) is 11.6 Å². The molecule has 0 bridgehead atoms. The van der Waals surface area contributed by atoms with Crippen LogP contribution in [-0.4, -0.2) is 46.4 Å². The molecule has 1 fully saturated rings. The molecule has 1 aliphatic rings. The molecule has 0 amide bonds. The average molecular weight is 314 g/mol. The van der Waals surface area contributed by atoms with E-state index < -0.39 is 5.60 Å². The zero-order chi connectivity index (χ0) is 16.3. The number of β-amino-alcohol motifs (C(OH)–C–C–N with tert-alkyl or cyclic N) is 1. The lowest BCUT2D eigenvalue weighted by Crippen LogP contribution is -2.33. The molecule has 1 saturated heterocycles. The Kier molecular flexibility index (Phi) is 4.28. The zero-order valence-corrected chi connectivity index (χ0v) is 12.9. The minimum absolute atomic E-state index is 0.283. The van der Waals surface area contributed by atoms with Gasteiger partial charge in [0.1, 0.15) is 12.4 Å². The molecule has 0 unspecified atom stereocenters. The summed E-state index contributed by atoms with van der Waals surface area (Å²) in [5, 5.41) is 23.1. The van der Waals surface area contributed by atoms with Crippen LogP contribution < -0.4 is 4.74 Å². The molecule has 2 heterocycles. The number of benzene rings is 1. The van der Waals surface area contributed by atoms with Crippen molar-refractivity contribution in [2.24, 2.45) is 0 Å². The summed E-state index contributed by atoms with van der Waals surface area (Å²) >= 11 is 0. The Labute approximate surface area is 134 Å². The monoisotopic (exact) mass is 314 g/mol. The molecule has 1 aromatic carbocycles. The van der Waals surface area contributed by atoms with Crippen LogP contribution in [0.5, 0.6) is 5.75 Å². The Bertz CT molecular complexity index is 707. The number of likely N-dealkylation sites (tertiary alicyclic amines) is 1. The topological polar surface area (TPSA) is 95.4 Å². The van der Waals surface area contributed by atoms with Gasteiger partial charge in [0.2, 0.25) is 0 Å². The molecular weight excluding hydrogens is 296 g/mol. The molecule has 0 radical (unpaired) electrons. The molecule has 120 valence electrons. The number of aromatic nitrogens is 2. The Morgan fingerprint density at radius 3 is 2.87 bits per heavy atom. The predicted molar refractivity (Wildman–Crippen MR) is 80.6 cm³/mol. The number of hydrogen-bond donors (Lipinski definition) is 1. The molecule has 0 aliphatic carbocycles. The Hall–Kier alpha value is -2.43. The molecular formula is C16H18N4O3. The minimum Gasteiger partial charge on any atom is -0.492 e. The predicted octanol–water partition coefficient (Wildman–Crippen LogP) is 1.22. The third kappa shape index (κ3) is 3.50. The lowest BCUT2D eigenvalue weighted by Gasteiger charge is -2.19. The number of hydrogen-bond acceptors (Lipinski definition) is 7. The molecule has 1 N–H and O–H groups in total. The van der Waals surface area contributed by atoms with E-state index in [0.717, 1.165) is 12.3 Å². The van der Waals surface area contributed by atoms with E-state index in [0.29, 0.717) is 37.5 Å². The van der Waals surface area contributed by atoms with Crippen LogP contribution in [0.1, 0.15) is 23.7 Å². The lowest BCUT2D eigenvalue weighted by molar-refractivity contribution is 0.0129. The van der Waals surface area contributed by atoms with Crippen LogP contribution in [0.4, 0.5) is 0 Å². The quantitative estimate of drug-likeness (QED) is 0.886. The van der Waals surface area contributed by atoms with Crippen molar-refractivity contribution in [3.05, 3.63) is 41.5 Å². The number of nitriles is 1. The van der Waals surface area contributed by atoms with E-state index in [1.807, 2.05) is 0 Å². The molecule has 1 atom stereocenters. The van der Waals surface area contributed by atoms with Crippen LogP contribution in [0.2, 0.25) is 0 Å². The summed E-state index contributed by atoms with van der Waals surface area (Å²) in [6, 6.07) is 9.07. The van der Waals surface area contributed by atoms with Crippen molar-refractivity contribution in [1.82, 2.24) is 15.0 Å². The summed E-state index contributed by atoms with van der Waals surface area (Å²) in [7, 11) is 0. The Morgan fingerprint density at radius 1 is 1.43 bits per heavy atom. The number of aryl methyl sites for hydroxylation is 1. The van der Waals surface area contributed by atoms with Gasteiger partial charge in [-0.05, 0) is 37.6 Å². The van der Waals surface area contributed by atoms with Gasteiger partial charge in [0.25, 0.3) is 5.89 Å². The van der Waals surface area contributed by atoms with Gasteiger partial charge >= 0.3 is 0 Å². The molecule has 0 saturated carbocycles. The average Bonchev–Trinajstić information content (AvgIpc) is 3.15. The molecule has 1 aromatic heterocycles. The van der Waals surface area contributed by atoms with Gasteiger partial charge in [0, 0.05) is 19.6 Å². The first-order valence-electron chi connectivity index (χ1n) is 7.47. The van der Waals surface area contributed by atoms with Crippen molar-refractivity contribution < 1.29 is 14.4 Å². The normalized spacial score (nSPS) is 21.3. The zero-order valence-electron chi connectivity index (χ0n) is 12.9. The van der Waals surface area contributed by atoms with Crippen molar-refractivity contribution in [2.75, 3.05) is 26.2 Å². The minimum atomic E-state index is -1.07. The van der Waals surface area contributed by atoms with Crippen LogP contribution in [-0.2, 0) is 5.60 Å². The number of rotatable bonds is 5. The second-order valence-corrected chi connectivity index (χ2v) is 5.69. The first-order valence-corrected chi connectivity index (χ1v) is 7.47. The summed E-state index contributed by atoms with van der Waals surface area (Å²) in [5.41, 5.74) is -0.466. The van der Waals surface area contributed by atoms with Crippen molar-refractivity contribution in [3.63, 3.8) is 0 Å². The first-order chi connectivity index (χ1) is 11.1. The molecule has 1 aliphatic heterocycles. The van der Waals surface area contributed by atoms with E-state index in [4.69, 9.17) is 14.5 Å². The maximum absolute atomic E-state index is 10.6. The van der Waals surface area contributed by atoms with Crippen molar-refractivity contribution >= 4 is 0 Å². The highest BCUT2D eigenvalue weighted by atomic mass is 16.5. The number of nitrogens with zero attached hydrogens (tertiary/aromatic N) is 4. The highest BCUT2D eigenvalue weighted by Gasteiger charge is 2.42. The number of aliphatic hydroxyl groups is 1. The molecule has 0 spiro atoms. The van der Waals surface area contributed by atoms with Crippen LogP contribution in [0.3, 0.4) is 0 Å². The van der Waals surface area contributed by atoms with E-state index in [9.17, 15) is 5.11 Å². The van der Waals surface area contributed by atoms with Gasteiger partial charge in [-0.1, -0.05) is 5.16 Å². The highest BCUT2D eigenvalue weighted by Crippen LogP contribution is 2.30. The summed E-state index contributed by atoms with van der Waals surface area (Å²) in [4.78, 5) is 6.23. The summed E-state index contributed by atoms with van der Waals surface area (Å²) < 4.78 is 10.8. The SMILES string of the molecule is Cc1noc([C@@]2(O)CCN(CCOc3ccc(C#N)cc3)C2)n1. The van der Waals surface area contributed by atoms with Gasteiger partial charge in [-0.15, -0.1) is 0 Å². The smallest absolute Gasteiger partial charge is 0.259 e. The van der Waals surface area contributed by atoms with Gasteiger partial charge in [0.15, 0.2) is 11.4 Å². The van der Waals surface area contributed by atoms with Crippen LogP contribution in [0, 0.1) is 18.3 Å². The van der Waals surface area contributed by atoms with Gasteiger partial charge in [-0.25, -0.2) is 0 Å². The van der Waals surface area contributed by atoms with E-state index in [2.05, 4.69) is 21.1 Å². The third-order valence-electron chi connectivity index (χ3n) is 3.91. The maximum atomic E-state index is 10.6. The standard InChI is InChI=1S/C16H18N4O3/c1-12-18-15(23-19-12)16(21)6-7-20(11-16)8-9-22-14-4-2-13(10-17)3-5-14/h2-5,21H,6-9,11H2,1H3/t16-/m1/s1. The highest BCUT2D eigenvalue weighted by molar-refractivity contribution is 5.34. The van der Waals surface area contributed by atoms with Crippen molar-refractivity contribution in [3.8, 4) is 11.8 Å². The Morgan fingerprint density at radius 2 is 2.22 bits per heavy atom.